The first-order valence-electron chi connectivity index (χ1n) is 11.4. The number of carboxylic acid groups (broad SMARTS) is 1. The summed E-state index contributed by atoms with van der Waals surface area (Å²) in [5.74, 6) is -3.05. The number of ether oxygens (including phenoxy) is 1. The lowest BCUT2D eigenvalue weighted by Crippen LogP contribution is -2.56. The van der Waals surface area contributed by atoms with E-state index in [9.17, 15) is 23.6 Å². The number of benzene rings is 3. The van der Waals surface area contributed by atoms with Crippen LogP contribution in [0.4, 0.5) is 4.39 Å². The lowest BCUT2D eigenvalue weighted by Gasteiger charge is -2.36. The molecule has 36 heavy (non-hydrogen) atoms. The number of aliphatic carboxylic acids is 1. The van der Waals surface area contributed by atoms with Crippen LogP contribution in [0.3, 0.4) is 0 Å². The molecule has 0 radical (unpaired) electrons. The fourth-order valence-corrected chi connectivity index (χ4v) is 4.34. The SMILES string of the molecule is O=C(O)CC(NC(=O)[C@@H]1Cc2ccccc2CN1C(=O)COc1cccc2ccccc12)C(=O)CF. The molecule has 3 aromatic rings. The second kappa shape index (κ2) is 11.0. The Labute approximate surface area is 206 Å². The van der Waals surface area contributed by atoms with E-state index in [1.807, 2.05) is 60.7 Å². The fourth-order valence-electron chi connectivity index (χ4n) is 4.34. The summed E-state index contributed by atoms with van der Waals surface area (Å²) >= 11 is 0. The number of Topliss-reactive ketones (excluding diaryl/α,β-unsaturated/α-hetero) is 1. The first kappa shape index (κ1) is 24.8. The third-order valence-corrected chi connectivity index (χ3v) is 6.19. The molecule has 1 aliphatic rings. The molecule has 0 aromatic heterocycles. The minimum absolute atomic E-state index is 0.132. The lowest BCUT2D eigenvalue weighted by atomic mass is 9.93. The summed E-state index contributed by atoms with van der Waals surface area (Å²) in [5.41, 5.74) is 1.71. The van der Waals surface area contributed by atoms with E-state index < -0.39 is 48.7 Å². The maximum atomic E-state index is 13.3. The second-order valence-corrected chi connectivity index (χ2v) is 8.54. The summed E-state index contributed by atoms with van der Waals surface area (Å²) in [6.07, 6.45) is -0.596. The van der Waals surface area contributed by atoms with Crippen LogP contribution >= 0.6 is 0 Å². The Morgan fingerprint density at radius 1 is 1.00 bits per heavy atom. The summed E-state index contributed by atoms with van der Waals surface area (Å²) < 4.78 is 18.8. The van der Waals surface area contributed by atoms with Crippen molar-refractivity contribution in [3.05, 3.63) is 77.9 Å². The number of hydrogen-bond donors (Lipinski definition) is 2. The second-order valence-electron chi connectivity index (χ2n) is 8.54. The fraction of sp³-hybridized carbons (Fsp3) is 0.259. The van der Waals surface area contributed by atoms with Crippen LogP contribution in [0.2, 0.25) is 0 Å². The molecule has 3 aromatic carbocycles. The highest BCUT2D eigenvalue weighted by atomic mass is 19.1. The largest absolute Gasteiger partial charge is 0.483 e. The molecule has 0 fully saturated rings. The topological polar surface area (TPSA) is 113 Å². The van der Waals surface area contributed by atoms with Gasteiger partial charge in [-0.3, -0.25) is 19.2 Å². The Morgan fingerprint density at radius 2 is 1.69 bits per heavy atom. The van der Waals surface area contributed by atoms with Crippen LogP contribution in [0.15, 0.2) is 66.7 Å². The third kappa shape index (κ3) is 5.51. The molecule has 2 N–H and O–H groups in total. The number of carbonyl (C=O) groups excluding carboxylic acids is 3. The van der Waals surface area contributed by atoms with Crippen LogP contribution in [0, 0.1) is 0 Å². The van der Waals surface area contributed by atoms with Gasteiger partial charge < -0.3 is 20.1 Å². The number of carboxylic acids is 1. The van der Waals surface area contributed by atoms with Crippen LogP contribution in [0.5, 0.6) is 5.75 Å². The summed E-state index contributed by atoms with van der Waals surface area (Å²) in [4.78, 5) is 50.8. The standard InChI is InChI=1S/C27H25FN2O6/c28-14-23(31)21(13-26(33)34)29-27(35)22-12-18-7-1-2-8-19(18)15-30(22)25(32)16-36-24-11-5-9-17-6-3-4-10-20(17)24/h1-11,21-22H,12-16H2,(H,29,35)(H,33,34)/t21?,22-/m0/s1. The van der Waals surface area contributed by atoms with E-state index in [1.54, 1.807) is 6.07 Å². The van der Waals surface area contributed by atoms with E-state index in [-0.39, 0.29) is 19.6 Å². The van der Waals surface area contributed by atoms with E-state index >= 15 is 0 Å². The van der Waals surface area contributed by atoms with Crippen molar-refractivity contribution in [2.24, 2.45) is 0 Å². The predicted octanol–water partition coefficient (Wildman–Crippen LogP) is 2.67. The number of amides is 2. The molecule has 2 amide bonds. The highest BCUT2D eigenvalue weighted by Crippen LogP contribution is 2.27. The van der Waals surface area contributed by atoms with Gasteiger partial charge in [-0.05, 0) is 22.6 Å². The van der Waals surface area contributed by atoms with Gasteiger partial charge in [-0.1, -0.05) is 60.7 Å². The molecule has 2 atom stereocenters. The monoisotopic (exact) mass is 492 g/mol. The third-order valence-electron chi connectivity index (χ3n) is 6.19. The molecule has 4 rings (SSSR count). The van der Waals surface area contributed by atoms with Gasteiger partial charge in [0, 0.05) is 18.4 Å². The molecule has 0 saturated heterocycles. The van der Waals surface area contributed by atoms with Crippen molar-refractivity contribution in [1.29, 1.82) is 0 Å². The van der Waals surface area contributed by atoms with Crippen LogP contribution in [0.1, 0.15) is 17.5 Å². The summed E-state index contributed by atoms with van der Waals surface area (Å²) in [6, 6.07) is 17.9. The number of ketones is 1. The Kier molecular flexibility index (Phi) is 7.58. The van der Waals surface area contributed by atoms with Gasteiger partial charge >= 0.3 is 5.97 Å². The maximum Gasteiger partial charge on any atom is 0.305 e. The van der Waals surface area contributed by atoms with E-state index in [0.29, 0.717) is 5.75 Å². The molecular formula is C27H25FN2O6. The van der Waals surface area contributed by atoms with E-state index in [0.717, 1.165) is 21.9 Å². The van der Waals surface area contributed by atoms with Gasteiger partial charge in [0.15, 0.2) is 12.4 Å². The van der Waals surface area contributed by atoms with Crippen molar-refractivity contribution in [2.75, 3.05) is 13.3 Å². The molecule has 0 spiro atoms. The molecule has 9 heteroatoms. The van der Waals surface area contributed by atoms with Gasteiger partial charge in [0.05, 0.1) is 6.42 Å². The van der Waals surface area contributed by atoms with Crippen LogP contribution < -0.4 is 10.1 Å². The summed E-state index contributed by atoms with van der Waals surface area (Å²) in [6.45, 7) is -1.61. The number of hydrogen-bond acceptors (Lipinski definition) is 5. The van der Waals surface area contributed by atoms with Gasteiger partial charge in [0.25, 0.3) is 5.91 Å². The van der Waals surface area contributed by atoms with Gasteiger partial charge in [0.1, 0.15) is 24.5 Å². The minimum Gasteiger partial charge on any atom is -0.483 e. The number of fused-ring (bicyclic) bond motifs is 2. The molecule has 0 bridgehead atoms. The zero-order chi connectivity index (χ0) is 25.7. The number of nitrogens with zero attached hydrogens (tertiary/aromatic N) is 1. The van der Waals surface area contributed by atoms with E-state index in [4.69, 9.17) is 9.84 Å². The molecule has 0 aliphatic carbocycles. The number of nitrogens with one attached hydrogen (secondary N) is 1. The van der Waals surface area contributed by atoms with E-state index in [2.05, 4.69) is 5.32 Å². The van der Waals surface area contributed by atoms with Crippen molar-refractivity contribution in [3.63, 3.8) is 0 Å². The molecule has 1 heterocycles. The molecule has 1 unspecified atom stereocenters. The lowest BCUT2D eigenvalue weighted by molar-refractivity contribution is -0.145. The average Bonchev–Trinajstić information content (AvgIpc) is 2.89. The van der Waals surface area contributed by atoms with Crippen LogP contribution in [-0.4, -0.2) is 58.9 Å². The Bertz CT molecular complexity index is 1300. The molecule has 0 saturated carbocycles. The van der Waals surface area contributed by atoms with Crippen molar-refractivity contribution < 1.29 is 33.4 Å². The van der Waals surface area contributed by atoms with Crippen molar-refractivity contribution in [2.45, 2.75) is 31.5 Å². The van der Waals surface area contributed by atoms with Crippen LogP contribution in [0.25, 0.3) is 10.8 Å². The number of alkyl halides is 1. The van der Waals surface area contributed by atoms with Gasteiger partial charge in [0.2, 0.25) is 5.91 Å². The zero-order valence-electron chi connectivity index (χ0n) is 19.4. The molecule has 1 aliphatic heterocycles. The Hall–Kier alpha value is -4.27. The predicted molar refractivity (Wildman–Crippen MR) is 129 cm³/mol. The summed E-state index contributed by atoms with van der Waals surface area (Å²) in [5, 5.41) is 13.2. The van der Waals surface area contributed by atoms with Crippen LogP contribution in [-0.2, 0) is 32.1 Å². The van der Waals surface area contributed by atoms with E-state index in [1.165, 1.54) is 4.90 Å². The van der Waals surface area contributed by atoms with Crippen molar-refractivity contribution in [1.82, 2.24) is 10.2 Å². The van der Waals surface area contributed by atoms with Crippen molar-refractivity contribution >= 4 is 34.3 Å². The molecule has 186 valence electrons. The Morgan fingerprint density at radius 3 is 2.44 bits per heavy atom. The highest BCUT2D eigenvalue weighted by molar-refractivity contribution is 5.95. The van der Waals surface area contributed by atoms with Gasteiger partial charge in [-0.25, -0.2) is 4.39 Å². The zero-order valence-corrected chi connectivity index (χ0v) is 19.4. The molecule has 8 nitrogen and oxygen atoms in total. The number of rotatable bonds is 9. The van der Waals surface area contributed by atoms with Crippen molar-refractivity contribution in [3.8, 4) is 5.75 Å². The van der Waals surface area contributed by atoms with Gasteiger partial charge in [-0.2, -0.15) is 0 Å². The Balaban J connectivity index is 1.55. The quantitative estimate of drug-likeness (QED) is 0.475. The normalized spacial score (nSPS) is 15.6. The summed E-state index contributed by atoms with van der Waals surface area (Å²) in [7, 11) is 0. The average molecular weight is 493 g/mol. The number of halogens is 1. The maximum absolute atomic E-state index is 13.3. The number of carbonyl (C=O) groups is 4. The molecular weight excluding hydrogens is 467 g/mol. The smallest absolute Gasteiger partial charge is 0.305 e. The highest BCUT2D eigenvalue weighted by Gasteiger charge is 2.36. The minimum atomic E-state index is -1.53. The first-order chi connectivity index (χ1) is 17.4. The van der Waals surface area contributed by atoms with Gasteiger partial charge in [-0.15, -0.1) is 0 Å². The first-order valence-corrected chi connectivity index (χ1v) is 11.4.